The second-order valence-electron chi connectivity index (χ2n) is 9.68. The Morgan fingerprint density at radius 3 is 1.38 bits per heavy atom. The summed E-state index contributed by atoms with van der Waals surface area (Å²) in [6, 6.07) is 53.7. The number of benzene rings is 6. The number of nitrogens with zero attached hydrogens (tertiary/aromatic N) is 2. The fourth-order valence-corrected chi connectivity index (χ4v) is 5.10. The van der Waals surface area contributed by atoms with E-state index in [0.29, 0.717) is 11.1 Å². The van der Waals surface area contributed by atoms with Crippen LogP contribution >= 0.6 is 0 Å². The van der Waals surface area contributed by atoms with E-state index in [9.17, 15) is 10.5 Å². The molecule has 0 amide bonds. The maximum Gasteiger partial charge on any atom is 0.0998 e. The number of hydrogen-bond acceptors (Lipinski definition) is 2. The molecule has 0 N–H and O–H groups in total. The van der Waals surface area contributed by atoms with Crippen LogP contribution in [0.3, 0.4) is 0 Å². The molecule has 0 saturated heterocycles. The van der Waals surface area contributed by atoms with E-state index in [4.69, 9.17) is 0 Å². The zero-order chi connectivity index (χ0) is 27.3. The Balaban J connectivity index is 1.38. The van der Waals surface area contributed by atoms with Crippen LogP contribution in [0.25, 0.3) is 55.6 Å². The maximum atomic E-state index is 10.1. The van der Waals surface area contributed by atoms with Crippen LogP contribution < -0.4 is 0 Å². The lowest BCUT2D eigenvalue weighted by molar-refractivity contribution is 1.46. The molecule has 186 valence electrons. The highest BCUT2D eigenvalue weighted by Crippen LogP contribution is 2.34. The van der Waals surface area contributed by atoms with Gasteiger partial charge in [0, 0.05) is 0 Å². The van der Waals surface area contributed by atoms with E-state index in [-0.39, 0.29) is 0 Å². The highest BCUT2D eigenvalue weighted by atomic mass is 14.3. The topological polar surface area (TPSA) is 47.6 Å². The zero-order valence-corrected chi connectivity index (χ0v) is 21.8. The molecule has 0 fully saturated rings. The molecule has 6 rings (SSSR count). The third kappa shape index (κ3) is 5.03. The molecule has 0 heterocycles. The fourth-order valence-electron chi connectivity index (χ4n) is 5.10. The summed E-state index contributed by atoms with van der Waals surface area (Å²) in [5.41, 5.74) is 11.5. The van der Waals surface area contributed by atoms with Gasteiger partial charge in [0.1, 0.15) is 0 Å². The van der Waals surface area contributed by atoms with Gasteiger partial charge < -0.3 is 0 Å². The summed E-state index contributed by atoms with van der Waals surface area (Å²) >= 11 is 0. The first-order chi connectivity index (χ1) is 19.7. The summed E-state index contributed by atoms with van der Waals surface area (Å²) < 4.78 is 0. The van der Waals surface area contributed by atoms with Crippen molar-refractivity contribution in [1.82, 2.24) is 0 Å². The van der Waals surface area contributed by atoms with Crippen LogP contribution in [0, 0.1) is 22.7 Å². The normalized spacial score (nSPS) is 10.4. The molecule has 0 aliphatic rings. The van der Waals surface area contributed by atoms with Gasteiger partial charge in [0.15, 0.2) is 0 Å². The van der Waals surface area contributed by atoms with Crippen molar-refractivity contribution in [3.63, 3.8) is 0 Å². The molecule has 2 heteroatoms. The second-order valence-corrected chi connectivity index (χ2v) is 9.68. The smallest absolute Gasteiger partial charge is 0.0998 e. The Kier molecular flexibility index (Phi) is 6.75. The van der Waals surface area contributed by atoms with Crippen LogP contribution in [-0.2, 0) is 0 Å². The first-order valence-corrected chi connectivity index (χ1v) is 13.1. The molecule has 0 saturated carbocycles. The third-order valence-electron chi connectivity index (χ3n) is 7.12. The molecule has 40 heavy (non-hydrogen) atoms. The van der Waals surface area contributed by atoms with E-state index >= 15 is 0 Å². The van der Waals surface area contributed by atoms with Crippen molar-refractivity contribution in [2.75, 3.05) is 0 Å². The van der Waals surface area contributed by atoms with Gasteiger partial charge in [-0.25, -0.2) is 0 Å². The first kappa shape index (κ1) is 24.6. The van der Waals surface area contributed by atoms with Crippen LogP contribution in [-0.4, -0.2) is 0 Å². The van der Waals surface area contributed by atoms with Crippen molar-refractivity contribution in [3.8, 4) is 67.8 Å². The molecular formula is C38H24N2. The van der Waals surface area contributed by atoms with Gasteiger partial charge >= 0.3 is 0 Å². The van der Waals surface area contributed by atoms with Crippen molar-refractivity contribution in [3.05, 3.63) is 157 Å². The summed E-state index contributed by atoms with van der Waals surface area (Å²) in [5.74, 6) is 0. The quantitative estimate of drug-likeness (QED) is 0.233. The van der Waals surface area contributed by atoms with Crippen LogP contribution in [0.4, 0.5) is 0 Å². The summed E-state index contributed by atoms with van der Waals surface area (Å²) in [7, 11) is 0. The fraction of sp³-hybridized carbons (Fsp3) is 0. The van der Waals surface area contributed by atoms with Crippen LogP contribution in [0.15, 0.2) is 146 Å². The Morgan fingerprint density at radius 1 is 0.325 bits per heavy atom. The minimum Gasteiger partial charge on any atom is -0.192 e. The van der Waals surface area contributed by atoms with E-state index in [1.165, 1.54) is 11.1 Å². The van der Waals surface area contributed by atoms with Crippen molar-refractivity contribution in [1.29, 1.82) is 10.5 Å². The molecule has 0 atom stereocenters. The van der Waals surface area contributed by atoms with E-state index in [1.807, 2.05) is 78.9 Å². The lowest BCUT2D eigenvalue weighted by Crippen LogP contribution is -1.90. The minimum absolute atomic E-state index is 0.587. The summed E-state index contributed by atoms with van der Waals surface area (Å²) in [6.07, 6.45) is 0. The average Bonchev–Trinajstić information content (AvgIpc) is 3.05. The molecule has 0 bridgehead atoms. The predicted octanol–water partition coefficient (Wildman–Crippen LogP) is 9.76. The van der Waals surface area contributed by atoms with Gasteiger partial charge in [-0.2, -0.15) is 10.5 Å². The number of nitriles is 2. The van der Waals surface area contributed by atoms with Crippen molar-refractivity contribution in [2.24, 2.45) is 0 Å². The van der Waals surface area contributed by atoms with Gasteiger partial charge in [-0.1, -0.05) is 109 Å². The second kappa shape index (κ2) is 11.0. The predicted molar refractivity (Wildman–Crippen MR) is 163 cm³/mol. The lowest BCUT2D eigenvalue weighted by Gasteiger charge is -2.12. The largest absolute Gasteiger partial charge is 0.192 e. The Hall–Kier alpha value is -5.70. The van der Waals surface area contributed by atoms with E-state index in [0.717, 1.165) is 44.5 Å². The Morgan fingerprint density at radius 2 is 0.775 bits per heavy atom. The number of rotatable bonds is 5. The van der Waals surface area contributed by atoms with Gasteiger partial charge in [0.25, 0.3) is 0 Å². The molecule has 6 aromatic rings. The van der Waals surface area contributed by atoms with E-state index in [1.54, 1.807) is 0 Å². The first-order valence-electron chi connectivity index (χ1n) is 13.1. The Labute approximate surface area is 234 Å². The van der Waals surface area contributed by atoms with Gasteiger partial charge in [0.2, 0.25) is 0 Å². The van der Waals surface area contributed by atoms with E-state index in [2.05, 4.69) is 78.9 Å². The SMILES string of the molecule is N#Cc1cc(-c2ccccc2)cc(-c2ccc(-c3cccc(-c4cccc(-c5ccccc5)c4)c3)c(C#N)c2)c1. The minimum atomic E-state index is 0.587. The molecule has 0 aliphatic carbocycles. The van der Waals surface area contributed by atoms with E-state index < -0.39 is 0 Å². The standard InChI is InChI=1S/C38H24N2/c39-25-27-19-35(29-11-5-2-6-12-29)24-36(20-27)33-17-18-38(37(23-33)26-40)34-16-8-15-32(22-34)31-14-7-13-30(21-31)28-9-3-1-4-10-28/h1-24H. The van der Waals surface area contributed by atoms with Gasteiger partial charge in [-0.05, 0) is 92.0 Å². The zero-order valence-electron chi connectivity index (χ0n) is 21.8. The molecule has 0 unspecified atom stereocenters. The summed E-state index contributed by atoms with van der Waals surface area (Å²) in [4.78, 5) is 0. The van der Waals surface area contributed by atoms with Gasteiger partial charge in [0.05, 0.1) is 23.3 Å². The highest BCUT2D eigenvalue weighted by molar-refractivity contribution is 5.82. The molecule has 0 aromatic heterocycles. The monoisotopic (exact) mass is 508 g/mol. The van der Waals surface area contributed by atoms with Crippen molar-refractivity contribution >= 4 is 0 Å². The third-order valence-corrected chi connectivity index (χ3v) is 7.12. The van der Waals surface area contributed by atoms with Gasteiger partial charge in [-0.15, -0.1) is 0 Å². The maximum absolute atomic E-state index is 10.1. The molecule has 0 spiro atoms. The molecule has 6 aromatic carbocycles. The molecular weight excluding hydrogens is 484 g/mol. The Bertz CT molecular complexity index is 1910. The summed E-state index contributed by atoms with van der Waals surface area (Å²) in [5, 5.41) is 19.8. The molecule has 0 aliphatic heterocycles. The van der Waals surface area contributed by atoms with Gasteiger partial charge in [-0.3, -0.25) is 0 Å². The van der Waals surface area contributed by atoms with Crippen molar-refractivity contribution in [2.45, 2.75) is 0 Å². The lowest BCUT2D eigenvalue weighted by atomic mass is 9.91. The molecule has 2 nitrogen and oxygen atoms in total. The highest BCUT2D eigenvalue weighted by Gasteiger charge is 2.11. The molecule has 0 radical (unpaired) electrons. The number of hydrogen-bond donors (Lipinski definition) is 0. The van der Waals surface area contributed by atoms with Crippen LogP contribution in [0.1, 0.15) is 11.1 Å². The average molecular weight is 509 g/mol. The van der Waals surface area contributed by atoms with Crippen LogP contribution in [0.2, 0.25) is 0 Å². The van der Waals surface area contributed by atoms with Crippen molar-refractivity contribution < 1.29 is 0 Å². The summed E-state index contributed by atoms with van der Waals surface area (Å²) in [6.45, 7) is 0. The van der Waals surface area contributed by atoms with Crippen LogP contribution in [0.5, 0.6) is 0 Å².